The quantitative estimate of drug-likeness (QED) is 0.422. The normalized spacial score (nSPS) is 15.5. The van der Waals surface area contributed by atoms with Crippen LogP contribution in [0.3, 0.4) is 0 Å². The van der Waals surface area contributed by atoms with Crippen LogP contribution in [0, 0.1) is 0 Å². The average molecular weight is 517 g/mol. The number of sulfonamides is 1. The molecule has 0 spiro atoms. The minimum Gasteiger partial charge on any atom is -0.497 e. The number of halogens is 1. The molecule has 0 aromatic heterocycles. The van der Waals surface area contributed by atoms with Crippen LogP contribution in [0.4, 0.5) is 0 Å². The van der Waals surface area contributed by atoms with Gasteiger partial charge in [0.05, 0.1) is 45.1 Å². The van der Waals surface area contributed by atoms with Crippen molar-refractivity contribution in [3.05, 3.63) is 76.8 Å². The van der Waals surface area contributed by atoms with Gasteiger partial charge < -0.3 is 18.9 Å². The molecule has 0 saturated heterocycles. The maximum absolute atomic E-state index is 13.7. The summed E-state index contributed by atoms with van der Waals surface area (Å²) < 4.78 is 50.3. The van der Waals surface area contributed by atoms with Crippen molar-refractivity contribution in [1.82, 2.24) is 4.41 Å². The van der Waals surface area contributed by atoms with Crippen molar-refractivity contribution < 1.29 is 27.4 Å². The van der Waals surface area contributed by atoms with Crippen LogP contribution in [0.5, 0.6) is 23.0 Å². The van der Waals surface area contributed by atoms with Crippen LogP contribution in [0.25, 0.3) is 0 Å². The molecule has 1 atom stereocenters. The number of hydrogen-bond donors (Lipinski definition) is 0. The van der Waals surface area contributed by atoms with E-state index in [-0.39, 0.29) is 4.90 Å². The molecular weight excluding hydrogens is 492 g/mol. The number of ether oxygens (including phenoxy) is 4. The summed E-state index contributed by atoms with van der Waals surface area (Å²) in [5, 5.41) is 5.02. The van der Waals surface area contributed by atoms with E-state index in [0.29, 0.717) is 51.3 Å². The zero-order valence-electron chi connectivity index (χ0n) is 19.7. The molecule has 0 saturated carbocycles. The average Bonchev–Trinajstić information content (AvgIpc) is 3.34. The second-order valence-electron chi connectivity index (χ2n) is 7.68. The highest BCUT2D eigenvalue weighted by Gasteiger charge is 2.39. The van der Waals surface area contributed by atoms with Gasteiger partial charge in [-0.1, -0.05) is 11.6 Å². The Hall–Kier alpha value is -3.43. The van der Waals surface area contributed by atoms with E-state index in [4.69, 9.17) is 30.5 Å². The van der Waals surface area contributed by atoms with Gasteiger partial charge in [-0.2, -0.15) is 17.9 Å². The maximum Gasteiger partial charge on any atom is 0.279 e. The van der Waals surface area contributed by atoms with E-state index in [1.54, 1.807) is 51.7 Å². The van der Waals surface area contributed by atoms with Gasteiger partial charge >= 0.3 is 0 Å². The van der Waals surface area contributed by atoms with Gasteiger partial charge in [0, 0.05) is 22.6 Å². The van der Waals surface area contributed by atoms with Gasteiger partial charge in [0.25, 0.3) is 10.0 Å². The second kappa shape index (κ2) is 10.1. The lowest BCUT2D eigenvalue weighted by molar-refractivity contribution is 0.346. The van der Waals surface area contributed by atoms with Crippen LogP contribution in [0.2, 0.25) is 5.02 Å². The molecule has 0 aliphatic carbocycles. The first kappa shape index (κ1) is 24.7. The van der Waals surface area contributed by atoms with Gasteiger partial charge in [0.1, 0.15) is 11.5 Å². The molecule has 184 valence electrons. The highest BCUT2D eigenvalue weighted by molar-refractivity contribution is 7.89. The Morgan fingerprint density at radius 2 is 1.49 bits per heavy atom. The first-order chi connectivity index (χ1) is 16.8. The van der Waals surface area contributed by atoms with E-state index in [1.807, 2.05) is 6.07 Å². The molecule has 3 aromatic rings. The molecule has 1 heterocycles. The zero-order chi connectivity index (χ0) is 25.2. The molecule has 10 heteroatoms. The Kier molecular flexibility index (Phi) is 7.09. The molecule has 1 unspecified atom stereocenters. The highest BCUT2D eigenvalue weighted by atomic mass is 35.5. The summed E-state index contributed by atoms with van der Waals surface area (Å²) in [6.45, 7) is 0. The molecule has 3 aromatic carbocycles. The van der Waals surface area contributed by atoms with Crippen LogP contribution in [0.1, 0.15) is 23.6 Å². The Bertz CT molecular complexity index is 1360. The molecule has 1 aliphatic rings. The Morgan fingerprint density at radius 1 is 0.829 bits per heavy atom. The molecule has 0 radical (unpaired) electrons. The van der Waals surface area contributed by atoms with Gasteiger partial charge in [0.15, 0.2) is 11.5 Å². The lowest BCUT2D eigenvalue weighted by Crippen LogP contribution is -2.27. The summed E-state index contributed by atoms with van der Waals surface area (Å²) in [6.07, 6.45) is 0.297. The van der Waals surface area contributed by atoms with E-state index >= 15 is 0 Å². The van der Waals surface area contributed by atoms with E-state index < -0.39 is 16.1 Å². The summed E-state index contributed by atoms with van der Waals surface area (Å²) >= 11 is 5.99. The Labute approximate surface area is 209 Å². The first-order valence-corrected chi connectivity index (χ1v) is 12.5. The molecule has 4 rings (SSSR count). The van der Waals surface area contributed by atoms with Crippen molar-refractivity contribution in [3.8, 4) is 23.0 Å². The maximum atomic E-state index is 13.7. The van der Waals surface area contributed by atoms with E-state index in [1.165, 1.54) is 31.4 Å². The minimum absolute atomic E-state index is 0.0751. The lowest BCUT2D eigenvalue weighted by Gasteiger charge is -2.25. The fourth-order valence-electron chi connectivity index (χ4n) is 3.95. The molecule has 0 N–H and O–H groups in total. The van der Waals surface area contributed by atoms with Crippen molar-refractivity contribution in [2.75, 3.05) is 28.4 Å². The molecule has 0 bridgehead atoms. The first-order valence-electron chi connectivity index (χ1n) is 10.6. The molecule has 0 amide bonds. The van der Waals surface area contributed by atoms with Crippen LogP contribution >= 0.6 is 11.6 Å². The Balaban J connectivity index is 1.86. The molecule has 35 heavy (non-hydrogen) atoms. The summed E-state index contributed by atoms with van der Waals surface area (Å²) in [5.41, 5.74) is 1.91. The molecule has 8 nitrogen and oxygen atoms in total. The number of rotatable bonds is 8. The van der Waals surface area contributed by atoms with E-state index in [0.717, 1.165) is 4.41 Å². The fraction of sp³-hybridized carbons (Fsp3) is 0.240. The molecule has 0 fully saturated rings. The highest BCUT2D eigenvalue weighted by Crippen LogP contribution is 2.42. The van der Waals surface area contributed by atoms with Crippen molar-refractivity contribution in [1.29, 1.82) is 0 Å². The van der Waals surface area contributed by atoms with Crippen molar-refractivity contribution in [2.45, 2.75) is 17.4 Å². The number of hydrogen-bond acceptors (Lipinski definition) is 7. The Morgan fingerprint density at radius 3 is 2.11 bits per heavy atom. The van der Waals surface area contributed by atoms with E-state index in [9.17, 15) is 8.42 Å². The summed E-state index contributed by atoms with van der Waals surface area (Å²) in [4.78, 5) is 0.0751. The monoisotopic (exact) mass is 516 g/mol. The summed E-state index contributed by atoms with van der Waals surface area (Å²) in [7, 11) is 2.15. The summed E-state index contributed by atoms with van der Waals surface area (Å²) in [6, 6.07) is 15.9. The predicted molar refractivity (Wildman–Crippen MR) is 133 cm³/mol. The third kappa shape index (κ3) is 4.74. The number of benzene rings is 3. The minimum atomic E-state index is -4.03. The zero-order valence-corrected chi connectivity index (χ0v) is 21.3. The van der Waals surface area contributed by atoms with Crippen LogP contribution in [0.15, 0.2) is 70.7 Å². The van der Waals surface area contributed by atoms with Crippen LogP contribution in [-0.4, -0.2) is 47.0 Å². The van der Waals surface area contributed by atoms with Crippen molar-refractivity contribution in [2.24, 2.45) is 5.10 Å². The largest absolute Gasteiger partial charge is 0.497 e. The third-order valence-electron chi connectivity index (χ3n) is 5.74. The van der Waals surface area contributed by atoms with E-state index in [2.05, 4.69) is 5.10 Å². The summed E-state index contributed by atoms with van der Waals surface area (Å²) in [5.74, 6) is 2.17. The number of nitrogens with zero attached hydrogens (tertiary/aromatic N) is 2. The molecular formula is C25H25ClN2O6S. The van der Waals surface area contributed by atoms with Crippen LogP contribution < -0.4 is 18.9 Å². The second-order valence-corrected chi connectivity index (χ2v) is 9.91. The van der Waals surface area contributed by atoms with Crippen molar-refractivity contribution in [3.63, 3.8) is 0 Å². The van der Waals surface area contributed by atoms with Gasteiger partial charge in [-0.3, -0.25) is 0 Å². The van der Waals surface area contributed by atoms with Crippen LogP contribution in [-0.2, 0) is 10.0 Å². The standard InChI is InChI=1S/C25H25ClN2O6S/c1-31-18-8-12-23(32-2)20(14-18)22-15-21(16-5-11-24(33-3)25(13-16)34-4)27-28(22)35(29,30)19-9-6-17(26)7-10-19/h5-14,22H,15H2,1-4H3. The van der Waals surface area contributed by atoms with Gasteiger partial charge in [-0.25, -0.2) is 0 Å². The third-order valence-corrected chi connectivity index (χ3v) is 7.69. The molecule has 1 aliphatic heterocycles. The van der Waals surface area contributed by atoms with Gasteiger partial charge in [-0.15, -0.1) is 0 Å². The predicted octanol–water partition coefficient (Wildman–Crippen LogP) is 4.91. The van der Waals surface area contributed by atoms with Gasteiger partial charge in [-0.05, 0) is 60.7 Å². The van der Waals surface area contributed by atoms with Crippen molar-refractivity contribution >= 4 is 27.3 Å². The fourth-order valence-corrected chi connectivity index (χ4v) is 5.50. The smallest absolute Gasteiger partial charge is 0.279 e. The number of methoxy groups -OCH3 is 4. The number of hydrazone groups is 1. The SMILES string of the molecule is COc1ccc(OC)c(C2CC(c3ccc(OC)c(OC)c3)=NN2S(=O)(=O)c2ccc(Cl)cc2)c1. The van der Waals surface area contributed by atoms with Gasteiger partial charge in [0.2, 0.25) is 0 Å². The topological polar surface area (TPSA) is 86.7 Å². The lowest BCUT2D eigenvalue weighted by atomic mass is 9.98.